The van der Waals surface area contributed by atoms with Gasteiger partial charge >= 0.3 is 0 Å². The Balaban J connectivity index is 1.81. The number of carbonyl (C=O) groups is 1. The lowest BCUT2D eigenvalue weighted by atomic mass is 10.3. The van der Waals surface area contributed by atoms with Crippen molar-refractivity contribution in [3.05, 3.63) is 27.7 Å². The molecule has 1 amide bonds. The van der Waals surface area contributed by atoms with Gasteiger partial charge in [0.05, 0.1) is 17.3 Å². The van der Waals surface area contributed by atoms with Crippen molar-refractivity contribution in [2.24, 2.45) is 5.92 Å². The van der Waals surface area contributed by atoms with Gasteiger partial charge in [-0.2, -0.15) is 0 Å². The second kappa shape index (κ2) is 5.85. The smallest absolute Gasteiger partial charge is 0.238 e. The molecule has 0 spiro atoms. The van der Waals surface area contributed by atoms with Crippen molar-refractivity contribution in [1.82, 2.24) is 5.32 Å². The van der Waals surface area contributed by atoms with Crippen molar-refractivity contribution >= 4 is 39.1 Å². The highest BCUT2D eigenvalue weighted by Gasteiger charge is 2.20. The van der Waals surface area contributed by atoms with Crippen LogP contribution in [0, 0.1) is 5.92 Å². The van der Waals surface area contributed by atoms with Crippen LogP contribution in [0.4, 0.5) is 5.69 Å². The van der Waals surface area contributed by atoms with Gasteiger partial charge in [0.15, 0.2) is 0 Å². The molecule has 1 saturated carbocycles. The van der Waals surface area contributed by atoms with E-state index in [1.165, 1.54) is 12.8 Å². The maximum Gasteiger partial charge on any atom is 0.238 e. The largest absolute Gasteiger partial charge is 0.324 e. The fraction of sp³-hybridized carbons (Fsp3) is 0.417. The molecule has 0 bridgehead atoms. The molecule has 0 atom stereocenters. The zero-order valence-electron chi connectivity index (χ0n) is 9.30. The first-order valence-corrected chi connectivity index (χ1v) is 6.78. The Labute approximate surface area is 114 Å². The zero-order chi connectivity index (χ0) is 12.3. The van der Waals surface area contributed by atoms with Gasteiger partial charge < -0.3 is 10.6 Å². The zero-order valence-corrected chi connectivity index (χ0v) is 11.6. The summed E-state index contributed by atoms with van der Waals surface area (Å²) in [6.07, 6.45) is 2.57. The molecule has 0 heterocycles. The normalized spacial score (nSPS) is 14.7. The molecule has 5 heteroatoms. The summed E-state index contributed by atoms with van der Waals surface area (Å²) in [5.41, 5.74) is 0.638. The van der Waals surface area contributed by atoms with Crippen LogP contribution in [0.1, 0.15) is 12.8 Å². The summed E-state index contributed by atoms with van der Waals surface area (Å²) in [4.78, 5) is 11.6. The summed E-state index contributed by atoms with van der Waals surface area (Å²) in [5, 5.41) is 6.46. The molecule has 0 saturated heterocycles. The molecule has 1 aliphatic carbocycles. The first-order chi connectivity index (χ1) is 8.15. The third-order valence-corrected chi connectivity index (χ3v) is 3.44. The van der Waals surface area contributed by atoms with Crippen molar-refractivity contribution in [3.8, 4) is 0 Å². The second-order valence-corrected chi connectivity index (χ2v) is 5.57. The van der Waals surface area contributed by atoms with Crippen molar-refractivity contribution in [2.75, 3.05) is 18.4 Å². The number of hydrogen-bond donors (Lipinski definition) is 2. The minimum atomic E-state index is -0.0642. The van der Waals surface area contributed by atoms with E-state index >= 15 is 0 Å². The van der Waals surface area contributed by atoms with Gasteiger partial charge in [-0.3, -0.25) is 4.79 Å². The Hall–Kier alpha value is -0.580. The van der Waals surface area contributed by atoms with E-state index in [0.717, 1.165) is 16.9 Å². The molecule has 1 aliphatic rings. The van der Waals surface area contributed by atoms with Crippen molar-refractivity contribution < 1.29 is 4.79 Å². The molecule has 0 aliphatic heterocycles. The Bertz CT molecular complexity index is 421. The standard InChI is InChI=1S/C12H14BrClN2O/c13-9-3-4-10(14)11(5-9)16-12(17)7-15-6-8-1-2-8/h3-5,8,15H,1-2,6-7H2,(H,16,17). The van der Waals surface area contributed by atoms with Crippen molar-refractivity contribution in [1.29, 1.82) is 0 Å². The average Bonchev–Trinajstić information content (AvgIpc) is 3.07. The van der Waals surface area contributed by atoms with E-state index in [4.69, 9.17) is 11.6 Å². The summed E-state index contributed by atoms with van der Waals surface area (Å²) < 4.78 is 0.892. The Morgan fingerprint density at radius 3 is 2.94 bits per heavy atom. The van der Waals surface area contributed by atoms with Crippen molar-refractivity contribution in [3.63, 3.8) is 0 Å². The van der Waals surface area contributed by atoms with Crippen LogP contribution in [0.3, 0.4) is 0 Å². The number of benzene rings is 1. The Morgan fingerprint density at radius 2 is 2.24 bits per heavy atom. The van der Waals surface area contributed by atoms with Crippen LogP contribution in [-0.4, -0.2) is 19.0 Å². The molecule has 17 heavy (non-hydrogen) atoms. The number of halogens is 2. The minimum Gasteiger partial charge on any atom is -0.324 e. The van der Waals surface area contributed by atoms with Crippen LogP contribution >= 0.6 is 27.5 Å². The molecule has 1 fully saturated rings. The molecule has 0 unspecified atom stereocenters. The Kier molecular flexibility index (Phi) is 4.42. The molecule has 1 aromatic carbocycles. The number of amides is 1. The number of nitrogens with one attached hydrogen (secondary N) is 2. The molecule has 2 rings (SSSR count). The summed E-state index contributed by atoms with van der Waals surface area (Å²) in [5.74, 6) is 0.711. The lowest BCUT2D eigenvalue weighted by Crippen LogP contribution is -2.29. The maximum absolute atomic E-state index is 11.6. The fourth-order valence-electron chi connectivity index (χ4n) is 1.50. The number of rotatable bonds is 5. The van der Waals surface area contributed by atoms with E-state index in [2.05, 4.69) is 26.6 Å². The molecule has 92 valence electrons. The van der Waals surface area contributed by atoms with E-state index in [9.17, 15) is 4.79 Å². The Morgan fingerprint density at radius 1 is 1.47 bits per heavy atom. The molecule has 0 aromatic heterocycles. The second-order valence-electron chi connectivity index (χ2n) is 4.25. The van der Waals surface area contributed by atoms with Crippen LogP contribution in [-0.2, 0) is 4.79 Å². The first-order valence-electron chi connectivity index (χ1n) is 5.61. The number of carbonyl (C=O) groups excluding carboxylic acids is 1. The summed E-state index contributed by atoms with van der Waals surface area (Å²) >= 11 is 9.32. The number of anilines is 1. The molecule has 3 nitrogen and oxygen atoms in total. The van der Waals surface area contributed by atoms with Crippen LogP contribution in [0.5, 0.6) is 0 Å². The van der Waals surface area contributed by atoms with Gasteiger partial charge in [-0.1, -0.05) is 27.5 Å². The van der Waals surface area contributed by atoms with Gasteiger partial charge in [0.2, 0.25) is 5.91 Å². The van der Waals surface area contributed by atoms with E-state index in [1.807, 2.05) is 6.07 Å². The maximum atomic E-state index is 11.6. The quantitative estimate of drug-likeness (QED) is 0.876. The highest BCUT2D eigenvalue weighted by molar-refractivity contribution is 9.10. The first kappa shape index (κ1) is 12.9. The van der Waals surface area contributed by atoms with Gasteiger partial charge in [0, 0.05) is 4.47 Å². The molecule has 1 aromatic rings. The van der Waals surface area contributed by atoms with E-state index in [-0.39, 0.29) is 5.91 Å². The third kappa shape index (κ3) is 4.30. The third-order valence-electron chi connectivity index (χ3n) is 2.62. The van der Waals surface area contributed by atoms with E-state index < -0.39 is 0 Å². The predicted molar refractivity (Wildman–Crippen MR) is 73.4 cm³/mol. The summed E-state index contributed by atoms with van der Waals surface area (Å²) in [6, 6.07) is 5.38. The van der Waals surface area contributed by atoms with Gasteiger partial charge in [-0.05, 0) is 43.5 Å². The molecule has 2 N–H and O–H groups in total. The van der Waals surface area contributed by atoms with Crippen LogP contribution in [0.25, 0.3) is 0 Å². The molecular formula is C12H14BrClN2O. The highest BCUT2D eigenvalue weighted by Crippen LogP contribution is 2.27. The van der Waals surface area contributed by atoms with Crippen LogP contribution in [0.2, 0.25) is 5.02 Å². The lowest BCUT2D eigenvalue weighted by Gasteiger charge is -2.08. The minimum absolute atomic E-state index is 0.0642. The van der Waals surface area contributed by atoms with E-state index in [1.54, 1.807) is 12.1 Å². The average molecular weight is 318 g/mol. The number of hydrogen-bond acceptors (Lipinski definition) is 2. The summed E-state index contributed by atoms with van der Waals surface area (Å²) in [7, 11) is 0. The van der Waals surface area contributed by atoms with Crippen LogP contribution in [0.15, 0.2) is 22.7 Å². The summed E-state index contributed by atoms with van der Waals surface area (Å²) in [6.45, 7) is 1.26. The van der Waals surface area contributed by atoms with Gasteiger partial charge in [0.25, 0.3) is 0 Å². The van der Waals surface area contributed by atoms with Crippen LogP contribution < -0.4 is 10.6 Å². The SMILES string of the molecule is O=C(CNCC1CC1)Nc1cc(Br)ccc1Cl. The van der Waals surface area contributed by atoms with Gasteiger partial charge in [0.1, 0.15) is 0 Å². The molecular weight excluding hydrogens is 304 g/mol. The lowest BCUT2D eigenvalue weighted by molar-refractivity contribution is -0.115. The van der Waals surface area contributed by atoms with E-state index in [0.29, 0.717) is 17.3 Å². The van der Waals surface area contributed by atoms with Gasteiger partial charge in [-0.15, -0.1) is 0 Å². The predicted octanol–water partition coefficient (Wildman–Crippen LogP) is 3.04. The van der Waals surface area contributed by atoms with Gasteiger partial charge in [-0.25, -0.2) is 0 Å². The molecule has 0 radical (unpaired) electrons. The van der Waals surface area contributed by atoms with Crippen molar-refractivity contribution in [2.45, 2.75) is 12.8 Å². The highest BCUT2D eigenvalue weighted by atomic mass is 79.9. The monoisotopic (exact) mass is 316 g/mol. The fourth-order valence-corrected chi connectivity index (χ4v) is 2.03. The topological polar surface area (TPSA) is 41.1 Å².